The number of aliphatic hydroxyl groups is 4. The van der Waals surface area contributed by atoms with Crippen LogP contribution in [-0.4, -0.2) is 101 Å². The molecule has 10 nitrogen and oxygen atoms in total. The number of halogens is 6. The number of alkyl halides is 3. The molecule has 2 unspecified atom stereocenters. The van der Waals surface area contributed by atoms with Crippen molar-refractivity contribution in [3.05, 3.63) is 35.8 Å². The minimum Gasteiger partial charge on any atom is -0.394 e. The average Bonchev–Trinajstić information content (AvgIpc) is 3.46. The van der Waals surface area contributed by atoms with E-state index in [1.54, 1.807) is 0 Å². The number of thioether (sulfide) groups is 1. The number of ether oxygens (including phenoxy) is 1. The molecule has 17 heteroatoms. The third-order valence-corrected chi connectivity index (χ3v) is 10.5. The average molecular weight is 657 g/mol. The Morgan fingerprint density at radius 3 is 2.34 bits per heavy atom. The van der Waals surface area contributed by atoms with E-state index in [0.29, 0.717) is 23.9 Å². The number of nitrogens with one attached hydrogen (secondary N) is 1. The fourth-order valence-corrected chi connectivity index (χ4v) is 7.63. The summed E-state index contributed by atoms with van der Waals surface area (Å²) in [7, 11) is 0. The second-order valence-corrected chi connectivity index (χ2v) is 12.8. The molecule has 1 aromatic carbocycles. The highest BCUT2D eigenvalue weighted by atomic mass is 32.2. The van der Waals surface area contributed by atoms with E-state index in [9.17, 15) is 51.6 Å². The Kier molecular flexibility index (Phi) is 10.3. The first-order valence-electron chi connectivity index (χ1n) is 13.9. The van der Waals surface area contributed by atoms with Gasteiger partial charge in [0.15, 0.2) is 17.5 Å². The number of rotatable bonds is 10. The topological polar surface area (TPSA) is 150 Å². The highest BCUT2D eigenvalue weighted by Gasteiger charge is 2.60. The van der Waals surface area contributed by atoms with Crippen LogP contribution in [0, 0.1) is 23.4 Å². The van der Waals surface area contributed by atoms with Gasteiger partial charge in [0.25, 0.3) is 0 Å². The summed E-state index contributed by atoms with van der Waals surface area (Å²) in [4.78, 5) is 12.0. The third kappa shape index (κ3) is 6.58. The summed E-state index contributed by atoms with van der Waals surface area (Å²) >= 11 is 0.683. The molecule has 2 fully saturated rings. The maximum atomic E-state index is 14.5. The molecule has 1 amide bonds. The molecule has 7 atom stereocenters. The van der Waals surface area contributed by atoms with E-state index in [1.807, 2.05) is 0 Å². The number of amides is 1. The minimum atomic E-state index is -3.07. The van der Waals surface area contributed by atoms with E-state index >= 15 is 0 Å². The molecule has 1 aromatic heterocycles. The second kappa shape index (κ2) is 13.1. The molecule has 246 valence electrons. The van der Waals surface area contributed by atoms with Gasteiger partial charge in [0.05, 0.1) is 29.8 Å². The largest absolute Gasteiger partial charge is 0.394 e. The van der Waals surface area contributed by atoms with Gasteiger partial charge in [-0.3, -0.25) is 9.18 Å². The number of hydrogen-bond donors (Lipinski definition) is 5. The first-order valence-corrected chi connectivity index (χ1v) is 14.7. The summed E-state index contributed by atoms with van der Waals surface area (Å²) in [5.41, 5.74) is -3.82. The van der Waals surface area contributed by atoms with Crippen molar-refractivity contribution in [3.8, 4) is 11.3 Å². The predicted molar refractivity (Wildman–Crippen MR) is 145 cm³/mol. The van der Waals surface area contributed by atoms with Gasteiger partial charge in [0, 0.05) is 37.8 Å². The number of carbonyl (C=O) groups excluding carboxylic acids is 1. The minimum absolute atomic E-state index is 0.165. The Balaban J connectivity index is 1.73. The molecule has 2 heterocycles. The van der Waals surface area contributed by atoms with Crippen LogP contribution >= 0.6 is 11.8 Å². The van der Waals surface area contributed by atoms with Gasteiger partial charge in [-0.05, 0) is 25.0 Å². The van der Waals surface area contributed by atoms with Crippen LogP contribution < -0.4 is 5.32 Å². The Hall–Kier alpha value is -2.44. The molecule has 4 rings (SSSR count). The van der Waals surface area contributed by atoms with Gasteiger partial charge in [0.1, 0.15) is 35.5 Å². The van der Waals surface area contributed by atoms with Crippen molar-refractivity contribution in [2.45, 2.75) is 85.6 Å². The molecule has 1 saturated heterocycles. The van der Waals surface area contributed by atoms with Gasteiger partial charge < -0.3 is 30.5 Å². The molecule has 2 aliphatic rings. The summed E-state index contributed by atoms with van der Waals surface area (Å²) in [6.45, 7) is 0.343. The number of hydrogen-bond acceptors (Lipinski definition) is 9. The summed E-state index contributed by atoms with van der Waals surface area (Å²) in [5, 5.41) is 54.5. The number of nitrogens with zero attached hydrogens (tertiary/aromatic N) is 3. The van der Waals surface area contributed by atoms with Gasteiger partial charge in [-0.2, -0.15) is 0 Å². The summed E-state index contributed by atoms with van der Waals surface area (Å²) in [6.07, 6.45) is -6.04. The fraction of sp³-hybridized carbons (Fsp3) is 0.667. The molecule has 44 heavy (non-hydrogen) atoms. The molecule has 1 aliphatic carbocycles. The van der Waals surface area contributed by atoms with E-state index in [1.165, 1.54) is 13.8 Å². The van der Waals surface area contributed by atoms with E-state index < -0.39 is 121 Å². The van der Waals surface area contributed by atoms with Crippen LogP contribution in [0.15, 0.2) is 18.3 Å². The van der Waals surface area contributed by atoms with Crippen LogP contribution in [-0.2, 0) is 9.53 Å². The quantitative estimate of drug-likeness (QED) is 0.192. The second-order valence-electron chi connectivity index (χ2n) is 11.4. The molecule has 1 saturated carbocycles. The SMILES string of the molecule is CC(=O)NCC(S[C@@H]1O[C@H](CO)[C@H](O)[C@H](n2cc(-c3cc(F)c(F)c(F)c3)nn2)[C@H]1O)(C(C)CF)C1(O)CCC(F)(F)CC1. The highest BCUT2D eigenvalue weighted by molar-refractivity contribution is 8.01. The molecule has 5 N–H and O–H groups in total. The standard InChI is InChI=1S/C27H34F6N4O6S/c1-13(9-28)27(12-34-14(2)39,25(42)3-5-26(32,33)6-4-25)44-24-23(41)21(22(40)19(11-38)43-24)37-10-18(35-36-37)15-7-16(29)20(31)17(30)8-15/h7-8,10,13,19,21-24,38,40-42H,3-6,9,11-12H2,1-2H3,(H,34,39)/t13?,19-,21+,22+,23-,24+,27?/m1/s1. The molecular formula is C27H34F6N4O6S. The zero-order valence-corrected chi connectivity index (χ0v) is 24.6. The van der Waals surface area contributed by atoms with Crippen LogP contribution in [0.4, 0.5) is 26.3 Å². The number of aliphatic hydroxyl groups excluding tert-OH is 3. The van der Waals surface area contributed by atoms with E-state index in [-0.39, 0.29) is 11.3 Å². The number of benzene rings is 1. The molecule has 0 bridgehead atoms. The molecule has 1 aliphatic heterocycles. The first-order chi connectivity index (χ1) is 20.6. The summed E-state index contributed by atoms with van der Waals surface area (Å²) in [5.74, 6) is -9.40. The maximum Gasteiger partial charge on any atom is 0.248 e. The van der Waals surface area contributed by atoms with Gasteiger partial charge in [0.2, 0.25) is 11.8 Å². The van der Waals surface area contributed by atoms with E-state index in [2.05, 4.69) is 15.6 Å². The van der Waals surface area contributed by atoms with Crippen LogP contribution in [0.2, 0.25) is 0 Å². The Bertz CT molecular complexity index is 1310. The van der Waals surface area contributed by atoms with Crippen molar-refractivity contribution < 1.29 is 56.3 Å². The van der Waals surface area contributed by atoms with Crippen molar-refractivity contribution in [3.63, 3.8) is 0 Å². The number of carbonyl (C=O) groups is 1. The van der Waals surface area contributed by atoms with Crippen molar-refractivity contribution in [2.75, 3.05) is 19.8 Å². The lowest BCUT2D eigenvalue weighted by molar-refractivity contribution is -0.180. The van der Waals surface area contributed by atoms with Crippen LogP contribution in [0.3, 0.4) is 0 Å². The van der Waals surface area contributed by atoms with Crippen molar-refractivity contribution >= 4 is 17.7 Å². The summed E-state index contributed by atoms with van der Waals surface area (Å²) < 4.78 is 88.9. The monoisotopic (exact) mass is 656 g/mol. The number of aromatic nitrogens is 3. The fourth-order valence-electron chi connectivity index (χ4n) is 5.84. The Labute approximate surface area is 252 Å². The van der Waals surface area contributed by atoms with Crippen LogP contribution in [0.5, 0.6) is 0 Å². The lowest BCUT2D eigenvalue weighted by Gasteiger charge is -2.55. The van der Waals surface area contributed by atoms with Gasteiger partial charge in [-0.1, -0.05) is 12.1 Å². The van der Waals surface area contributed by atoms with Crippen LogP contribution in [0.1, 0.15) is 45.6 Å². The van der Waals surface area contributed by atoms with Crippen molar-refractivity contribution in [1.82, 2.24) is 20.3 Å². The zero-order chi connectivity index (χ0) is 32.6. The molecule has 2 aromatic rings. The highest BCUT2D eigenvalue weighted by Crippen LogP contribution is 2.54. The van der Waals surface area contributed by atoms with E-state index in [4.69, 9.17) is 4.74 Å². The van der Waals surface area contributed by atoms with Gasteiger partial charge in [-0.15, -0.1) is 16.9 Å². The normalized spacial score (nSPS) is 28.7. The zero-order valence-electron chi connectivity index (χ0n) is 23.8. The third-order valence-electron chi connectivity index (χ3n) is 8.49. The molecule has 0 radical (unpaired) electrons. The maximum absolute atomic E-state index is 14.5. The van der Waals surface area contributed by atoms with E-state index in [0.717, 1.165) is 10.9 Å². The molecule has 0 spiro atoms. The predicted octanol–water partition coefficient (Wildman–Crippen LogP) is 2.50. The molecular weight excluding hydrogens is 622 g/mol. The smallest absolute Gasteiger partial charge is 0.248 e. The lowest BCUT2D eigenvalue weighted by Crippen LogP contribution is -2.65. The Morgan fingerprint density at radius 1 is 1.18 bits per heavy atom. The van der Waals surface area contributed by atoms with Crippen molar-refractivity contribution in [1.29, 1.82) is 0 Å². The Morgan fingerprint density at radius 2 is 1.80 bits per heavy atom. The van der Waals surface area contributed by atoms with Crippen molar-refractivity contribution in [2.24, 2.45) is 5.92 Å². The van der Waals surface area contributed by atoms with Gasteiger partial charge in [-0.25, -0.2) is 26.6 Å². The first kappa shape index (κ1) is 34.4. The summed E-state index contributed by atoms with van der Waals surface area (Å²) in [6, 6.07) is -0.108. The van der Waals surface area contributed by atoms with Gasteiger partial charge >= 0.3 is 0 Å². The van der Waals surface area contributed by atoms with Crippen LogP contribution in [0.25, 0.3) is 11.3 Å². The lowest BCUT2D eigenvalue weighted by atomic mass is 9.69.